The second-order valence-electron chi connectivity index (χ2n) is 9.00. The van der Waals surface area contributed by atoms with Gasteiger partial charge in [-0.05, 0) is 78.4 Å². The average molecular weight is 546 g/mol. The number of nitrogens with one attached hydrogen (secondary N) is 2. The van der Waals surface area contributed by atoms with E-state index in [9.17, 15) is 18.0 Å². The zero-order valence-electron chi connectivity index (χ0n) is 20.7. The third-order valence-corrected chi connectivity index (χ3v) is 8.68. The number of carbonyl (C=O) groups is 1. The number of nitrogens with zero attached hydrogens (tertiary/aromatic N) is 3. The number of tetrazole rings is 1. The molecule has 0 bridgehead atoms. The molecule has 0 saturated carbocycles. The molecule has 2 N–H and O–H groups in total. The topological polar surface area (TPSA) is 83.6 Å². The number of aromatic nitrogens is 4. The fourth-order valence-corrected chi connectivity index (χ4v) is 6.69. The third kappa shape index (κ3) is 6.40. The van der Waals surface area contributed by atoms with Crippen LogP contribution < -0.4 is 5.32 Å². The van der Waals surface area contributed by atoms with Crippen LogP contribution in [0.2, 0.25) is 0 Å². The van der Waals surface area contributed by atoms with Crippen LogP contribution in [0.15, 0.2) is 53.4 Å². The lowest BCUT2D eigenvalue weighted by Gasteiger charge is -2.21. The summed E-state index contributed by atoms with van der Waals surface area (Å²) in [7, 11) is 0. The van der Waals surface area contributed by atoms with E-state index in [0.29, 0.717) is 16.6 Å². The van der Waals surface area contributed by atoms with Crippen LogP contribution in [0.25, 0.3) is 11.1 Å². The lowest BCUT2D eigenvalue weighted by Crippen LogP contribution is -2.22. The van der Waals surface area contributed by atoms with Crippen LogP contribution in [-0.4, -0.2) is 26.5 Å². The first-order valence-corrected chi connectivity index (χ1v) is 13.3. The van der Waals surface area contributed by atoms with Gasteiger partial charge in [0.15, 0.2) is 5.82 Å². The van der Waals surface area contributed by atoms with Gasteiger partial charge in [-0.15, -0.1) is 33.3 Å². The van der Waals surface area contributed by atoms with Crippen molar-refractivity contribution in [2.24, 2.45) is 5.92 Å². The van der Waals surface area contributed by atoms with Crippen molar-refractivity contribution in [3.63, 3.8) is 0 Å². The number of alkyl halides is 3. The molecule has 0 saturated heterocycles. The molecule has 0 aliphatic rings. The fourth-order valence-electron chi connectivity index (χ4n) is 4.07. The molecular weight excluding hydrogens is 519 g/mol. The number of hydrogen-bond acceptors (Lipinski definition) is 6. The molecule has 0 radical (unpaired) electrons. The van der Waals surface area contributed by atoms with Gasteiger partial charge < -0.3 is 5.32 Å². The molecule has 1 atom stereocenters. The van der Waals surface area contributed by atoms with E-state index in [-0.39, 0.29) is 17.7 Å². The van der Waals surface area contributed by atoms with Gasteiger partial charge in [0.2, 0.25) is 0 Å². The van der Waals surface area contributed by atoms with Gasteiger partial charge in [-0.1, -0.05) is 31.2 Å². The highest BCUT2D eigenvalue weighted by atomic mass is 32.2. The zero-order valence-corrected chi connectivity index (χ0v) is 22.3. The first kappa shape index (κ1) is 26.9. The number of thiophene rings is 1. The van der Waals surface area contributed by atoms with Gasteiger partial charge in [0.25, 0.3) is 5.91 Å². The quantitative estimate of drug-likeness (QED) is 0.233. The number of halogens is 3. The van der Waals surface area contributed by atoms with Crippen LogP contribution >= 0.6 is 23.1 Å². The highest BCUT2D eigenvalue weighted by molar-refractivity contribution is 7.99. The highest BCUT2D eigenvalue weighted by Gasteiger charge is 2.30. The maximum absolute atomic E-state index is 13.0. The van der Waals surface area contributed by atoms with Crippen LogP contribution in [0.3, 0.4) is 0 Å². The smallest absolute Gasteiger partial charge is 0.344 e. The number of amides is 1. The Labute approximate surface area is 221 Å². The Balaban J connectivity index is 1.51. The summed E-state index contributed by atoms with van der Waals surface area (Å²) >= 11 is 3.18. The predicted molar refractivity (Wildman–Crippen MR) is 139 cm³/mol. The molecule has 0 fully saturated rings. The number of benzene rings is 2. The number of aromatic amines is 1. The molecular formula is C26H26F3N5OS2. The lowest BCUT2D eigenvalue weighted by atomic mass is 9.95. The molecule has 194 valence electrons. The third-order valence-electron chi connectivity index (χ3n) is 5.80. The average Bonchev–Trinajstić information content (AvgIpc) is 3.53. The molecule has 0 unspecified atom stereocenters. The zero-order chi connectivity index (χ0) is 26.7. The van der Waals surface area contributed by atoms with Crippen molar-refractivity contribution in [2.75, 3.05) is 0 Å². The molecule has 37 heavy (non-hydrogen) atoms. The Kier molecular flexibility index (Phi) is 8.03. The van der Waals surface area contributed by atoms with Gasteiger partial charge in [-0.25, -0.2) is 0 Å². The number of rotatable bonds is 8. The largest absolute Gasteiger partial charge is 0.416 e. The molecule has 4 aromatic rings. The van der Waals surface area contributed by atoms with Gasteiger partial charge in [0.1, 0.15) is 0 Å². The van der Waals surface area contributed by atoms with Gasteiger partial charge in [-0.3, -0.25) is 4.79 Å². The lowest BCUT2D eigenvalue weighted by molar-refractivity contribution is -0.137. The van der Waals surface area contributed by atoms with Crippen LogP contribution in [0.5, 0.6) is 0 Å². The number of carbonyl (C=O) groups excluding carboxylic acids is 1. The summed E-state index contributed by atoms with van der Waals surface area (Å²) in [4.78, 5) is 15.4. The Morgan fingerprint density at radius 2 is 1.76 bits per heavy atom. The van der Waals surface area contributed by atoms with Crippen molar-refractivity contribution in [3.05, 3.63) is 80.8 Å². The van der Waals surface area contributed by atoms with Crippen molar-refractivity contribution in [3.8, 4) is 11.1 Å². The molecule has 11 heteroatoms. The van der Waals surface area contributed by atoms with Crippen LogP contribution in [0.1, 0.15) is 56.2 Å². The summed E-state index contributed by atoms with van der Waals surface area (Å²) in [5.41, 5.74) is 3.04. The van der Waals surface area contributed by atoms with Crippen molar-refractivity contribution in [1.82, 2.24) is 25.9 Å². The first-order valence-electron chi connectivity index (χ1n) is 11.6. The van der Waals surface area contributed by atoms with Crippen molar-refractivity contribution in [2.45, 2.75) is 50.6 Å². The van der Waals surface area contributed by atoms with Crippen LogP contribution in [0.4, 0.5) is 13.2 Å². The van der Waals surface area contributed by atoms with Crippen molar-refractivity contribution >= 4 is 29.0 Å². The maximum Gasteiger partial charge on any atom is 0.416 e. The minimum Gasteiger partial charge on any atom is -0.344 e. The van der Waals surface area contributed by atoms with Crippen LogP contribution in [-0.2, 0) is 12.7 Å². The first-order chi connectivity index (χ1) is 17.5. The Hall–Kier alpha value is -3.18. The summed E-state index contributed by atoms with van der Waals surface area (Å²) in [6.07, 6.45) is -4.36. The summed E-state index contributed by atoms with van der Waals surface area (Å²) in [6, 6.07) is 13.3. The van der Waals surface area contributed by atoms with Gasteiger partial charge in [-0.2, -0.15) is 18.4 Å². The Morgan fingerprint density at radius 1 is 1.08 bits per heavy atom. The molecule has 0 aliphatic heterocycles. The summed E-state index contributed by atoms with van der Waals surface area (Å²) in [6.45, 7) is 8.43. The Morgan fingerprint density at radius 3 is 2.32 bits per heavy atom. The molecule has 2 aromatic heterocycles. The van der Waals surface area contributed by atoms with Gasteiger partial charge >= 0.3 is 6.18 Å². The van der Waals surface area contributed by atoms with E-state index >= 15 is 0 Å². The number of thioether (sulfide) groups is 1. The summed E-state index contributed by atoms with van der Waals surface area (Å²) in [5, 5.41) is 16.4. The van der Waals surface area contributed by atoms with Crippen LogP contribution in [0, 0.1) is 19.8 Å². The maximum atomic E-state index is 13.0. The normalized spacial score (nSPS) is 12.6. The van der Waals surface area contributed by atoms with E-state index in [1.54, 1.807) is 11.8 Å². The molecule has 1 amide bonds. The molecule has 2 heterocycles. The SMILES string of the molecule is Cc1cc(S[C@@H](c2ccc(C(=O)NCc3nn[nH]n3)s2)C(C)C)cc(C)c1-c1ccc(C(F)(F)F)cc1. The van der Waals surface area contributed by atoms with Gasteiger partial charge in [0.05, 0.1) is 17.0 Å². The minimum atomic E-state index is -4.36. The van der Waals surface area contributed by atoms with E-state index < -0.39 is 11.7 Å². The summed E-state index contributed by atoms with van der Waals surface area (Å²) < 4.78 is 38.9. The van der Waals surface area contributed by atoms with Crippen molar-refractivity contribution < 1.29 is 18.0 Å². The second-order valence-corrected chi connectivity index (χ2v) is 11.3. The standard InChI is InChI=1S/C26H26F3N5OS2/c1-14(2)24(20-9-10-21(37-20)25(35)30-13-22-31-33-34-32-22)36-19-11-15(3)23(16(4)12-19)17-5-7-18(8-6-17)26(27,28)29/h5-12,14,24H,13H2,1-4H3,(H,30,35)(H,31,32,33,34)/t24-/m1/s1. The molecule has 0 aliphatic carbocycles. The van der Waals surface area contributed by atoms with E-state index in [0.717, 1.165) is 44.2 Å². The molecule has 0 spiro atoms. The highest BCUT2D eigenvalue weighted by Crippen LogP contribution is 2.45. The minimum absolute atomic E-state index is 0.125. The predicted octanol–water partition coefficient (Wildman–Crippen LogP) is 6.98. The number of aryl methyl sites for hydroxylation is 2. The number of hydrogen-bond donors (Lipinski definition) is 2. The summed E-state index contributed by atoms with van der Waals surface area (Å²) in [5.74, 6) is 0.515. The van der Waals surface area contributed by atoms with E-state index in [2.05, 4.69) is 51.9 Å². The number of H-pyrrole nitrogens is 1. The van der Waals surface area contributed by atoms with Gasteiger partial charge in [0, 0.05) is 15.0 Å². The molecule has 6 nitrogen and oxygen atoms in total. The van der Waals surface area contributed by atoms with E-state index in [4.69, 9.17) is 0 Å². The van der Waals surface area contributed by atoms with E-state index in [1.165, 1.54) is 23.5 Å². The Bertz CT molecular complexity index is 1340. The fraction of sp³-hybridized carbons (Fsp3) is 0.308. The molecule has 2 aromatic carbocycles. The molecule has 4 rings (SSSR count). The second kappa shape index (κ2) is 11.1. The van der Waals surface area contributed by atoms with E-state index in [1.807, 2.05) is 26.0 Å². The van der Waals surface area contributed by atoms with Crippen molar-refractivity contribution in [1.29, 1.82) is 0 Å². The monoisotopic (exact) mass is 545 g/mol.